The molecule has 0 bridgehead atoms. The Kier molecular flexibility index (Phi) is 5.22. The highest BCUT2D eigenvalue weighted by atomic mass is 16.3. The zero-order valence-corrected chi connectivity index (χ0v) is 11.8. The van der Waals surface area contributed by atoms with Crippen molar-refractivity contribution < 1.29 is 4.42 Å². The van der Waals surface area contributed by atoms with E-state index in [1.807, 2.05) is 6.07 Å². The molecular weight excluding hydrogens is 234 g/mol. The smallest absolute Gasteiger partial charge is 0.107 e. The van der Waals surface area contributed by atoms with Gasteiger partial charge in [0.15, 0.2) is 0 Å². The first kappa shape index (κ1) is 13.9. The van der Waals surface area contributed by atoms with Crippen LogP contribution in [0.2, 0.25) is 0 Å². The van der Waals surface area contributed by atoms with Crippen LogP contribution in [0.3, 0.4) is 0 Å². The highest BCUT2D eigenvalue weighted by molar-refractivity contribution is 5.14. The normalized spacial score (nSPS) is 12.8. The molecule has 1 heterocycles. The van der Waals surface area contributed by atoms with Gasteiger partial charge in [-0.3, -0.25) is 0 Å². The molecule has 0 spiro atoms. The van der Waals surface area contributed by atoms with Crippen LogP contribution in [0.4, 0.5) is 0 Å². The van der Waals surface area contributed by atoms with Gasteiger partial charge in [0.25, 0.3) is 0 Å². The fourth-order valence-electron chi connectivity index (χ4n) is 2.39. The fraction of sp³-hybridized carbons (Fsp3) is 0.412. The van der Waals surface area contributed by atoms with Gasteiger partial charge in [0.1, 0.15) is 5.76 Å². The van der Waals surface area contributed by atoms with E-state index in [0.717, 1.165) is 25.3 Å². The predicted octanol–water partition coefficient (Wildman–Crippen LogP) is 4.20. The van der Waals surface area contributed by atoms with E-state index in [9.17, 15) is 0 Å². The van der Waals surface area contributed by atoms with E-state index in [1.165, 1.54) is 5.56 Å². The first-order chi connectivity index (χ1) is 9.27. The van der Waals surface area contributed by atoms with Crippen molar-refractivity contribution in [3.8, 4) is 0 Å². The van der Waals surface area contributed by atoms with Gasteiger partial charge in [-0.05, 0) is 36.6 Å². The van der Waals surface area contributed by atoms with Crippen molar-refractivity contribution in [2.75, 3.05) is 6.54 Å². The maximum Gasteiger partial charge on any atom is 0.107 e. The molecule has 2 aromatic rings. The topological polar surface area (TPSA) is 25.2 Å². The van der Waals surface area contributed by atoms with Crippen LogP contribution in [0, 0.1) is 5.92 Å². The summed E-state index contributed by atoms with van der Waals surface area (Å²) in [5, 5.41) is 3.51. The van der Waals surface area contributed by atoms with E-state index in [4.69, 9.17) is 4.42 Å². The maximum atomic E-state index is 5.54. The lowest BCUT2D eigenvalue weighted by atomic mass is 9.90. The molecule has 2 heteroatoms. The number of nitrogens with one attached hydrogen (secondary N) is 1. The summed E-state index contributed by atoms with van der Waals surface area (Å²) >= 11 is 0. The third kappa shape index (κ3) is 4.25. The predicted molar refractivity (Wildman–Crippen MR) is 79.1 cm³/mol. The summed E-state index contributed by atoms with van der Waals surface area (Å²) < 4.78 is 5.54. The maximum absolute atomic E-state index is 5.54. The zero-order chi connectivity index (χ0) is 13.5. The van der Waals surface area contributed by atoms with Gasteiger partial charge in [-0.1, -0.05) is 44.2 Å². The number of benzene rings is 1. The van der Waals surface area contributed by atoms with Crippen LogP contribution >= 0.6 is 0 Å². The molecule has 1 unspecified atom stereocenters. The molecule has 0 aliphatic carbocycles. The molecule has 0 aliphatic rings. The summed E-state index contributed by atoms with van der Waals surface area (Å²) in [6.07, 6.45) is 2.88. The Morgan fingerprint density at radius 2 is 1.84 bits per heavy atom. The highest BCUT2D eigenvalue weighted by Gasteiger charge is 2.17. The van der Waals surface area contributed by atoms with E-state index in [2.05, 4.69) is 55.6 Å². The van der Waals surface area contributed by atoms with E-state index >= 15 is 0 Å². The molecule has 19 heavy (non-hydrogen) atoms. The molecule has 102 valence electrons. The summed E-state index contributed by atoms with van der Waals surface area (Å²) in [5.41, 5.74) is 1.33. The summed E-state index contributed by atoms with van der Waals surface area (Å²) in [7, 11) is 0. The summed E-state index contributed by atoms with van der Waals surface area (Å²) in [5.74, 6) is 2.21. The van der Waals surface area contributed by atoms with Gasteiger partial charge in [-0.2, -0.15) is 0 Å². The second-order valence-corrected chi connectivity index (χ2v) is 5.32. The van der Waals surface area contributed by atoms with Gasteiger partial charge in [0.05, 0.1) is 6.26 Å². The van der Waals surface area contributed by atoms with Gasteiger partial charge >= 0.3 is 0 Å². The third-order valence-electron chi connectivity index (χ3n) is 3.52. The first-order valence-electron chi connectivity index (χ1n) is 7.05. The Labute approximate surface area is 115 Å². The molecule has 2 rings (SSSR count). The summed E-state index contributed by atoms with van der Waals surface area (Å²) in [4.78, 5) is 0. The molecule has 1 atom stereocenters. The monoisotopic (exact) mass is 257 g/mol. The molecule has 0 saturated carbocycles. The number of hydrogen-bond acceptors (Lipinski definition) is 2. The SMILES string of the molecule is CC(C)C(CCNCc1ccccc1)c1ccco1. The van der Waals surface area contributed by atoms with Crippen molar-refractivity contribution in [2.24, 2.45) is 5.92 Å². The lowest BCUT2D eigenvalue weighted by Gasteiger charge is -2.18. The highest BCUT2D eigenvalue weighted by Crippen LogP contribution is 2.27. The van der Waals surface area contributed by atoms with Gasteiger partial charge in [-0.25, -0.2) is 0 Å². The largest absolute Gasteiger partial charge is 0.469 e. The lowest BCUT2D eigenvalue weighted by molar-refractivity contribution is 0.372. The van der Waals surface area contributed by atoms with Crippen molar-refractivity contribution in [2.45, 2.75) is 32.7 Å². The van der Waals surface area contributed by atoms with E-state index in [-0.39, 0.29) is 0 Å². The molecule has 2 nitrogen and oxygen atoms in total. The van der Waals surface area contributed by atoms with Crippen molar-refractivity contribution in [3.05, 3.63) is 60.1 Å². The van der Waals surface area contributed by atoms with Crippen LogP contribution in [0.1, 0.15) is 37.5 Å². The van der Waals surface area contributed by atoms with Crippen molar-refractivity contribution in [1.82, 2.24) is 5.32 Å². The van der Waals surface area contributed by atoms with E-state index in [1.54, 1.807) is 6.26 Å². The molecular formula is C17H23NO. The van der Waals surface area contributed by atoms with E-state index < -0.39 is 0 Å². The van der Waals surface area contributed by atoms with Gasteiger partial charge in [0.2, 0.25) is 0 Å². The fourth-order valence-corrected chi connectivity index (χ4v) is 2.39. The van der Waals surface area contributed by atoms with Crippen LogP contribution in [0.15, 0.2) is 53.1 Å². The van der Waals surface area contributed by atoms with Gasteiger partial charge in [-0.15, -0.1) is 0 Å². The first-order valence-corrected chi connectivity index (χ1v) is 7.05. The van der Waals surface area contributed by atoms with Crippen LogP contribution in [0.5, 0.6) is 0 Å². The van der Waals surface area contributed by atoms with Crippen molar-refractivity contribution >= 4 is 0 Å². The van der Waals surface area contributed by atoms with Crippen LogP contribution in [0.25, 0.3) is 0 Å². The molecule has 0 fully saturated rings. The second kappa shape index (κ2) is 7.15. The Balaban J connectivity index is 1.77. The Bertz CT molecular complexity index is 447. The number of rotatable bonds is 7. The van der Waals surface area contributed by atoms with Crippen LogP contribution in [-0.2, 0) is 6.54 Å². The quantitative estimate of drug-likeness (QED) is 0.752. The molecule has 0 aliphatic heterocycles. The van der Waals surface area contributed by atoms with E-state index in [0.29, 0.717) is 11.8 Å². The molecule has 1 aromatic carbocycles. The minimum absolute atomic E-state index is 0.498. The minimum Gasteiger partial charge on any atom is -0.469 e. The van der Waals surface area contributed by atoms with Crippen LogP contribution in [-0.4, -0.2) is 6.54 Å². The summed E-state index contributed by atoms with van der Waals surface area (Å²) in [6.45, 7) is 6.46. The Morgan fingerprint density at radius 1 is 1.05 bits per heavy atom. The standard InChI is InChI=1S/C17H23NO/c1-14(2)16(17-9-6-12-19-17)10-11-18-13-15-7-4-3-5-8-15/h3-9,12,14,16,18H,10-11,13H2,1-2H3. The van der Waals surface area contributed by atoms with Gasteiger partial charge < -0.3 is 9.73 Å². The zero-order valence-electron chi connectivity index (χ0n) is 11.8. The minimum atomic E-state index is 0.498. The lowest BCUT2D eigenvalue weighted by Crippen LogP contribution is -2.19. The van der Waals surface area contributed by atoms with Crippen molar-refractivity contribution in [1.29, 1.82) is 0 Å². The molecule has 1 N–H and O–H groups in total. The molecule has 0 amide bonds. The molecule has 0 radical (unpaired) electrons. The number of hydrogen-bond donors (Lipinski definition) is 1. The average Bonchev–Trinajstić information content (AvgIpc) is 2.93. The average molecular weight is 257 g/mol. The molecule has 1 aromatic heterocycles. The van der Waals surface area contributed by atoms with Crippen LogP contribution < -0.4 is 5.32 Å². The Morgan fingerprint density at radius 3 is 2.47 bits per heavy atom. The molecule has 0 saturated heterocycles. The second-order valence-electron chi connectivity index (χ2n) is 5.32. The Hall–Kier alpha value is -1.54. The van der Waals surface area contributed by atoms with Gasteiger partial charge in [0, 0.05) is 12.5 Å². The summed E-state index contributed by atoms with van der Waals surface area (Å²) in [6, 6.07) is 14.6. The third-order valence-corrected chi connectivity index (χ3v) is 3.52. The van der Waals surface area contributed by atoms with Crippen molar-refractivity contribution in [3.63, 3.8) is 0 Å². The number of furan rings is 1.